The lowest BCUT2D eigenvalue weighted by molar-refractivity contribution is 0.0532. The number of carbonyl (C=O) groups excluding carboxylic acids is 1. The van der Waals surface area contributed by atoms with Crippen LogP contribution >= 0.6 is 0 Å². The summed E-state index contributed by atoms with van der Waals surface area (Å²) >= 11 is 0. The number of fused-ring (bicyclic) bond motifs is 1. The van der Waals surface area contributed by atoms with Gasteiger partial charge < -0.3 is 9.84 Å². The van der Waals surface area contributed by atoms with Gasteiger partial charge in [-0.3, -0.25) is 14.3 Å². The minimum absolute atomic E-state index is 0.0516. The molecule has 2 aromatic rings. The SMILES string of the molecule is CCOC1CCS(=O)(=O)c2c(F)cc(C(=O)c3c[nH]n(CC)c3=O)c(F)c21. The number of hydrogen-bond acceptors (Lipinski definition) is 5. The zero-order valence-corrected chi connectivity index (χ0v) is 15.5. The first-order valence-electron chi connectivity index (χ1n) is 8.42. The molecule has 0 aliphatic carbocycles. The van der Waals surface area contributed by atoms with Gasteiger partial charge in [0.05, 0.1) is 17.4 Å². The van der Waals surface area contributed by atoms with Crippen molar-refractivity contribution in [3.63, 3.8) is 0 Å². The topological polar surface area (TPSA) is 98.2 Å². The molecule has 2 heterocycles. The van der Waals surface area contributed by atoms with Gasteiger partial charge in [-0.25, -0.2) is 17.2 Å². The Morgan fingerprint density at radius 2 is 2.04 bits per heavy atom. The number of aromatic amines is 1. The fraction of sp³-hybridized carbons (Fsp3) is 0.412. The Hall–Kier alpha value is -2.33. The number of benzene rings is 1. The molecule has 1 aromatic heterocycles. The van der Waals surface area contributed by atoms with Crippen molar-refractivity contribution >= 4 is 15.6 Å². The van der Waals surface area contributed by atoms with E-state index in [9.17, 15) is 22.4 Å². The highest BCUT2D eigenvalue weighted by molar-refractivity contribution is 7.91. The first-order valence-corrected chi connectivity index (χ1v) is 10.1. The highest BCUT2D eigenvalue weighted by atomic mass is 32.2. The monoisotopic (exact) mass is 400 g/mol. The average molecular weight is 400 g/mol. The van der Waals surface area contributed by atoms with Gasteiger partial charge in [0.15, 0.2) is 9.84 Å². The molecule has 0 radical (unpaired) electrons. The van der Waals surface area contributed by atoms with E-state index in [1.165, 1.54) is 0 Å². The number of sulfone groups is 1. The second-order valence-corrected chi connectivity index (χ2v) is 8.13. The number of ketones is 1. The van der Waals surface area contributed by atoms with Crippen molar-refractivity contribution in [2.75, 3.05) is 12.4 Å². The minimum Gasteiger partial charge on any atom is -0.374 e. The van der Waals surface area contributed by atoms with E-state index in [0.29, 0.717) is 6.07 Å². The van der Waals surface area contributed by atoms with E-state index in [1.807, 2.05) is 0 Å². The van der Waals surface area contributed by atoms with Gasteiger partial charge in [0.1, 0.15) is 22.1 Å². The first kappa shape index (κ1) is 19.4. The second kappa shape index (κ2) is 7.01. The maximum absolute atomic E-state index is 15.2. The van der Waals surface area contributed by atoms with E-state index in [1.54, 1.807) is 13.8 Å². The Balaban J connectivity index is 2.23. The molecule has 1 aromatic carbocycles. The van der Waals surface area contributed by atoms with Crippen molar-refractivity contribution in [1.82, 2.24) is 9.78 Å². The lowest BCUT2D eigenvalue weighted by Crippen LogP contribution is -2.27. The molecule has 3 rings (SSSR count). The number of carbonyl (C=O) groups is 1. The van der Waals surface area contributed by atoms with Gasteiger partial charge in [0, 0.05) is 24.9 Å². The predicted octanol–water partition coefficient (Wildman–Crippen LogP) is 1.96. The normalized spacial score (nSPS) is 18.3. The molecule has 1 unspecified atom stereocenters. The molecule has 1 aliphatic rings. The fourth-order valence-corrected chi connectivity index (χ4v) is 4.87. The van der Waals surface area contributed by atoms with Gasteiger partial charge in [0.2, 0.25) is 5.78 Å². The molecule has 27 heavy (non-hydrogen) atoms. The summed E-state index contributed by atoms with van der Waals surface area (Å²) in [7, 11) is -4.04. The van der Waals surface area contributed by atoms with Gasteiger partial charge in [-0.15, -0.1) is 0 Å². The van der Waals surface area contributed by atoms with Crippen molar-refractivity contribution in [2.45, 2.75) is 37.8 Å². The van der Waals surface area contributed by atoms with Crippen LogP contribution in [-0.4, -0.2) is 36.3 Å². The van der Waals surface area contributed by atoms with Gasteiger partial charge in [-0.1, -0.05) is 0 Å². The number of aromatic nitrogens is 2. The van der Waals surface area contributed by atoms with Crippen LogP contribution in [0.3, 0.4) is 0 Å². The van der Waals surface area contributed by atoms with Gasteiger partial charge in [-0.05, 0) is 26.3 Å². The van der Waals surface area contributed by atoms with Crippen LogP contribution in [0.2, 0.25) is 0 Å². The van der Waals surface area contributed by atoms with Gasteiger partial charge >= 0.3 is 0 Å². The van der Waals surface area contributed by atoms with E-state index in [2.05, 4.69) is 5.10 Å². The quantitative estimate of drug-likeness (QED) is 0.774. The van der Waals surface area contributed by atoms with Crippen LogP contribution in [0.25, 0.3) is 0 Å². The summed E-state index contributed by atoms with van der Waals surface area (Å²) in [6.45, 7) is 3.72. The van der Waals surface area contributed by atoms with Crippen LogP contribution in [0.15, 0.2) is 22.0 Å². The van der Waals surface area contributed by atoms with Crippen LogP contribution in [0, 0.1) is 11.6 Å². The third-order valence-electron chi connectivity index (χ3n) is 4.50. The van der Waals surface area contributed by atoms with Crippen LogP contribution < -0.4 is 5.56 Å². The molecule has 146 valence electrons. The molecular weight excluding hydrogens is 382 g/mol. The summed E-state index contributed by atoms with van der Waals surface area (Å²) in [5.41, 5.74) is -2.22. The van der Waals surface area contributed by atoms with Crippen molar-refractivity contribution in [1.29, 1.82) is 0 Å². The Kier molecular flexibility index (Phi) is 5.04. The smallest absolute Gasteiger partial charge is 0.277 e. The molecule has 7 nitrogen and oxygen atoms in total. The van der Waals surface area contributed by atoms with E-state index in [4.69, 9.17) is 4.74 Å². The molecule has 0 bridgehead atoms. The summed E-state index contributed by atoms with van der Waals surface area (Å²) in [6, 6.07) is 0.533. The number of halogens is 2. The highest BCUT2D eigenvalue weighted by Crippen LogP contribution is 2.39. The number of aryl methyl sites for hydroxylation is 1. The second-order valence-electron chi connectivity index (χ2n) is 6.08. The Morgan fingerprint density at radius 1 is 1.33 bits per heavy atom. The summed E-state index contributed by atoms with van der Waals surface area (Å²) in [6.07, 6.45) is 0.0698. The number of nitrogens with zero attached hydrogens (tertiary/aromatic N) is 1. The molecule has 1 atom stereocenters. The van der Waals surface area contributed by atoms with Crippen LogP contribution in [0.5, 0.6) is 0 Å². The van der Waals surface area contributed by atoms with E-state index >= 15 is 4.39 Å². The largest absolute Gasteiger partial charge is 0.374 e. The van der Waals surface area contributed by atoms with Crippen LogP contribution in [0.1, 0.15) is 47.9 Å². The summed E-state index contributed by atoms with van der Waals surface area (Å²) in [5, 5.41) is 2.56. The number of rotatable bonds is 5. The third kappa shape index (κ3) is 3.12. The fourth-order valence-electron chi connectivity index (χ4n) is 3.23. The van der Waals surface area contributed by atoms with Crippen molar-refractivity contribution in [3.8, 4) is 0 Å². The van der Waals surface area contributed by atoms with Crippen molar-refractivity contribution in [2.24, 2.45) is 0 Å². The number of ether oxygens (including phenoxy) is 1. The van der Waals surface area contributed by atoms with Crippen molar-refractivity contribution in [3.05, 3.63) is 50.9 Å². The van der Waals surface area contributed by atoms with Crippen LogP contribution in [0.4, 0.5) is 8.78 Å². The molecule has 0 amide bonds. The maximum Gasteiger partial charge on any atom is 0.277 e. The molecule has 0 fully saturated rings. The summed E-state index contributed by atoms with van der Waals surface area (Å²) < 4.78 is 60.8. The maximum atomic E-state index is 15.2. The zero-order chi connectivity index (χ0) is 19.9. The lowest BCUT2D eigenvalue weighted by atomic mass is 9.97. The molecule has 0 saturated carbocycles. The number of hydrogen-bond donors (Lipinski definition) is 1. The van der Waals surface area contributed by atoms with E-state index in [0.717, 1.165) is 10.9 Å². The van der Waals surface area contributed by atoms with E-state index < -0.39 is 54.9 Å². The Morgan fingerprint density at radius 3 is 2.63 bits per heavy atom. The highest BCUT2D eigenvalue weighted by Gasteiger charge is 2.38. The summed E-state index contributed by atoms with van der Waals surface area (Å²) in [4.78, 5) is 24.0. The molecule has 0 spiro atoms. The zero-order valence-electron chi connectivity index (χ0n) is 14.7. The molecular formula is C17H18F2N2O5S. The first-order chi connectivity index (χ1) is 12.7. The minimum atomic E-state index is -4.04. The molecule has 10 heteroatoms. The van der Waals surface area contributed by atoms with E-state index in [-0.39, 0.29) is 30.9 Å². The lowest BCUT2D eigenvalue weighted by Gasteiger charge is -2.26. The van der Waals surface area contributed by atoms with Gasteiger partial charge in [0.25, 0.3) is 5.56 Å². The summed E-state index contributed by atoms with van der Waals surface area (Å²) in [5.74, 6) is -3.82. The molecule has 1 aliphatic heterocycles. The van der Waals surface area contributed by atoms with Gasteiger partial charge in [-0.2, -0.15) is 0 Å². The predicted molar refractivity (Wildman–Crippen MR) is 91.6 cm³/mol. The number of H-pyrrole nitrogens is 1. The Labute approximate surface area is 153 Å². The standard InChI is InChI=1S/C17H18F2N2O5S/c1-3-21-17(23)10(8-20-21)15(22)9-7-11(18)16-13(14(9)19)12(26-4-2)5-6-27(16,24)25/h7-8,12,20H,3-6H2,1-2H3. The average Bonchev–Trinajstić information content (AvgIpc) is 2.99. The van der Waals surface area contributed by atoms with Crippen LogP contribution in [-0.2, 0) is 21.1 Å². The molecule has 1 N–H and O–H groups in total. The third-order valence-corrected chi connectivity index (χ3v) is 6.31. The Bertz CT molecular complexity index is 1070. The number of nitrogens with one attached hydrogen (secondary N) is 1. The van der Waals surface area contributed by atoms with Crippen molar-refractivity contribution < 1.29 is 26.7 Å². The molecule has 0 saturated heterocycles.